The lowest BCUT2D eigenvalue weighted by molar-refractivity contribution is 0.0746. The van der Waals surface area contributed by atoms with Gasteiger partial charge < -0.3 is 19.4 Å². The van der Waals surface area contributed by atoms with E-state index in [-0.39, 0.29) is 5.91 Å². The van der Waals surface area contributed by atoms with E-state index in [1.807, 2.05) is 60.4 Å². The molecule has 0 aliphatic carbocycles. The number of piperazine rings is 2. The minimum Gasteiger partial charge on any atom is -0.492 e. The monoisotopic (exact) mass is 642 g/mol. The van der Waals surface area contributed by atoms with Crippen LogP contribution < -0.4 is 14.5 Å². The summed E-state index contributed by atoms with van der Waals surface area (Å²) >= 11 is 7.99. The van der Waals surface area contributed by atoms with Gasteiger partial charge in [-0.15, -0.1) is 0 Å². The zero-order valence-electron chi connectivity index (χ0n) is 25.6. The Labute approximate surface area is 275 Å². The highest BCUT2D eigenvalue weighted by Crippen LogP contribution is 2.29. The highest BCUT2D eigenvalue weighted by molar-refractivity contribution is 7.98. The number of aromatic nitrogens is 2. The van der Waals surface area contributed by atoms with E-state index in [0.717, 1.165) is 68.6 Å². The molecule has 0 unspecified atom stereocenters. The van der Waals surface area contributed by atoms with Gasteiger partial charge in [0.1, 0.15) is 16.7 Å². The fourth-order valence-corrected chi connectivity index (χ4v) is 6.85. The number of amides is 1. The first-order chi connectivity index (χ1) is 22.1. The van der Waals surface area contributed by atoms with Crippen molar-refractivity contribution in [2.75, 3.05) is 68.8 Å². The van der Waals surface area contributed by atoms with E-state index >= 15 is 0 Å². The zero-order chi connectivity index (χ0) is 31.0. The van der Waals surface area contributed by atoms with Crippen molar-refractivity contribution in [1.29, 1.82) is 0 Å². The summed E-state index contributed by atoms with van der Waals surface area (Å²) in [7, 11) is 0. The summed E-state index contributed by atoms with van der Waals surface area (Å²) in [5, 5.41) is 1.12. The highest BCUT2D eigenvalue weighted by atomic mass is 35.5. The van der Waals surface area contributed by atoms with E-state index in [0.29, 0.717) is 41.3 Å². The Morgan fingerprint density at radius 1 is 0.800 bits per heavy atom. The SMILES string of the molecule is CCOc1ccccc1N1CCN(C(=O)c2ccc(CSc3nc(Cl)cc(N4CCN(Cc5ccccc5)CC4)n3)cc2)CC1. The molecule has 8 nitrogen and oxygen atoms in total. The molecule has 45 heavy (non-hydrogen) atoms. The Kier molecular flexibility index (Phi) is 10.4. The van der Waals surface area contributed by atoms with Gasteiger partial charge in [0.05, 0.1) is 12.3 Å². The van der Waals surface area contributed by atoms with Gasteiger partial charge >= 0.3 is 0 Å². The van der Waals surface area contributed by atoms with Crippen molar-refractivity contribution in [3.8, 4) is 5.75 Å². The summed E-state index contributed by atoms with van der Waals surface area (Å²) in [5.41, 5.74) is 4.24. The Hall–Kier alpha value is -3.79. The smallest absolute Gasteiger partial charge is 0.253 e. The molecule has 0 atom stereocenters. The van der Waals surface area contributed by atoms with Gasteiger partial charge in [-0.1, -0.05) is 78.0 Å². The molecule has 0 bridgehead atoms. The van der Waals surface area contributed by atoms with Gasteiger partial charge in [0.2, 0.25) is 0 Å². The van der Waals surface area contributed by atoms with Gasteiger partial charge in [-0.05, 0) is 42.3 Å². The van der Waals surface area contributed by atoms with Crippen LogP contribution in [0.1, 0.15) is 28.4 Å². The Morgan fingerprint density at radius 2 is 1.49 bits per heavy atom. The predicted molar refractivity (Wildman–Crippen MR) is 183 cm³/mol. The van der Waals surface area contributed by atoms with Crippen molar-refractivity contribution in [1.82, 2.24) is 19.8 Å². The maximum absolute atomic E-state index is 13.3. The van der Waals surface area contributed by atoms with Crippen molar-refractivity contribution in [2.24, 2.45) is 0 Å². The van der Waals surface area contributed by atoms with Crippen LogP contribution in [0.2, 0.25) is 5.15 Å². The molecule has 0 N–H and O–H groups in total. The molecule has 1 amide bonds. The van der Waals surface area contributed by atoms with Crippen molar-refractivity contribution in [2.45, 2.75) is 24.4 Å². The first-order valence-corrected chi connectivity index (χ1v) is 17.0. The summed E-state index contributed by atoms with van der Waals surface area (Å²) in [6.07, 6.45) is 0. The van der Waals surface area contributed by atoms with Gasteiger partial charge in [0, 0.05) is 76.3 Å². The number of rotatable bonds is 10. The number of carbonyl (C=O) groups is 1. The lowest BCUT2D eigenvalue weighted by atomic mass is 10.1. The van der Waals surface area contributed by atoms with Crippen molar-refractivity contribution in [3.05, 3.63) is 107 Å². The van der Waals surface area contributed by atoms with Crippen LogP contribution in [0, 0.1) is 0 Å². The second-order valence-electron chi connectivity index (χ2n) is 11.2. The average Bonchev–Trinajstić information content (AvgIpc) is 3.08. The molecule has 2 aliphatic rings. The molecule has 0 spiro atoms. The second-order valence-corrected chi connectivity index (χ2v) is 12.6. The van der Waals surface area contributed by atoms with Crippen LogP contribution >= 0.6 is 23.4 Å². The molecule has 0 radical (unpaired) electrons. The quantitative estimate of drug-likeness (QED) is 0.117. The van der Waals surface area contributed by atoms with Gasteiger partial charge in [-0.3, -0.25) is 9.69 Å². The summed E-state index contributed by atoms with van der Waals surface area (Å²) < 4.78 is 5.81. The lowest BCUT2D eigenvalue weighted by Crippen LogP contribution is -2.48. The number of ether oxygens (including phenoxy) is 1. The fourth-order valence-electron chi connectivity index (χ4n) is 5.81. The fraction of sp³-hybridized carbons (Fsp3) is 0.343. The summed E-state index contributed by atoms with van der Waals surface area (Å²) in [4.78, 5) is 31.6. The molecule has 3 heterocycles. The standard InChI is InChI=1S/C35H39ClN6O2S/c1-2-44-31-11-7-6-10-30(31)40-20-22-42(23-21-40)34(43)29-14-12-28(13-15-29)26-45-35-37-32(36)24-33(38-35)41-18-16-39(17-19-41)25-27-8-4-3-5-9-27/h3-15,24H,2,16-23,25-26H2,1H3. The Morgan fingerprint density at radius 3 is 2.22 bits per heavy atom. The molecule has 6 rings (SSSR count). The number of hydrogen-bond donors (Lipinski definition) is 0. The molecule has 1 aromatic heterocycles. The molecule has 2 fully saturated rings. The maximum atomic E-state index is 13.3. The first kappa shape index (κ1) is 31.2. The summed E-state index contributed by atoms with van der Waals surface area (Å²) in [6, 6.07) is 28.5. The number of carbonyl (C=O) groups excluding carboxylic acids is 1. The van der Waals surface area contributed by atoms with Crippen LogP contribution in [0.4, 0.5) is 11.5 Å². The number of anilines is 2. The van der Waals surface area contributed by atoms with Crippen LogP contribution in [-0.4, -0.2) is 84.6 Å². The molecule has 2 aliphatic heterocycles. The van der Waals surface area contributed by atoms with Crippen molar-refractivity contribution < 1.29 is 9.53 Å². The van der Waals surface area contributed by atoms with E-state index in [2.05, 4.69) is 56.1 Å². The van der Waals surface area contributed by atoms with E-state index < -0.39 is 0 Å². The van der Waals surface area contributed by atoms with Crippen LogP contribution in [0.15, 0.2) is 90.1 Å². The number of thioether (sulfide) groups is 1. The Bertz CT molecular complexity index is 1560. The number of hydrogen-bond acceptors (Lipinski definition) is 8. The third-order valence-electron chi connectivity index (χ3n) is 8.25. The highest BCUT2D eigenvalue weighted by Gasteiger charge is 2.24. The first-order valence-electron chi connectivity index (χ1n) is 15.6. The number of benzene rings is 3. The largest absolute Gasteiger partial charge is 0.492 e. The topological polar surface area (TPSA) is 65.0 Å². The van der Waals surface area contributed by atoms with Gasteiger partial charge in [-0.2, -0.15) is 0 Å². The van der Waals surface area contributed by atoms with Crippen LogP contribution in [0.25, 0.3) is 0 Å². The van der Waals surface area contributed by atoms with Crippen molar-refractivity contribution in [3.63, 3.8) is 0 Å². The van der Waals surface area contributed by atoms with Crippen molar-refractivity contribution >= 4 is 40.8 Å². The zero-order valence-corrected chi connectivity index (χ0v) is 27.2. The average molecular weight is 643 g/mol. The molecule has 234 valence electrons. The third-order valence-corrected chi connectivity index (χ3v) is 9.36. The second kappa shape index (κ2) is 15.0. The van der Waals surface area contributed by atoms with E-state index in [1.165, 1.54) is 5.56 Å². The molecular weight excluding hydrogens is 604 g/mol. The summed E-state index contributed by atoms with van der Waals surface area (Å²) in [5.74, 6) is 2.53. The Balaban J connectivity index is 0.993. The minimum atomic E-state index is 0.0682. The molecule has 4 aromatic rings. The van der Waals surface area contributed by atoms with Gasteiger partial charge in [0.15, 0.2) is 5.16 Å². The van der Waals surface area contributed by atoms with Crippen LogP contribution in [0.3, 0.4) is 0 Å². The minimum absolute atomic E-state index is 0.0682. The lowest BCUT2D eigenvalue weighted by Gasteiger charge is -2.36. The van der Waals surface area contributed by atoms with Gasteiger partial charge in [-0.25, -0.2) is 9.97 Å². The summed E-state index contributed by atoms with van der Waals surface area (Å²) in [6.45, 7) is 10.2. The number of halogens is 1. The number of para-hydroxylation sites is 2. The number of nitrogens with zero attached hydrogens (tertiary/aromatic N) is 6. The molecule has 10 heteroatoms. The van der Waals surface area contributed by atoms with Gasteiger partial charge in [0.25, 0.3) is 5.91 Å². The maximum Gasteiger partial charge on any atom is 0.253 e. The molecule has 2 saturated heterocycles. The van der Waals surface area contributed by atoms with Crippen LogP contribution in [-0.2, 0) is 12.3 Å². The normalized spacial score (nSPS) is 15.7. The molecule has 0 saturated carbocycles. The third kappa shape index (κ3) is 8.09. The van der Waals surface area contributed by atoms with E-state index in [4.69, 9.17) is 21.3 Å². The molecule has 3 aromatic carbocycles. The van der Waals surface area contributed by atoms with E-state index in [9.17, 15) is 4.79 Å². The molecular formula is C35H39ClN6O2S. The predicted octanol–water partition coefficient (Wildman–Crippen LogP) is 6.11. The van der Waals surface area contributed by atoms with Crippen LogP contribution in [0.5, 0.6) is 5.75 Å². The van der Waals surface area contributed by atoms with E-state index in [1.54, 1.807) is 11.8 Å².